The molecule has 1 aliphatic heterocycles. The molecule has 1 N–H and O–H groups in total. The number of aryl methyl sites for hydroxylation is 1. The van der Waals surface area contributed by atoms with Gasteiger partial charge in [0.2, 0.25) is 0 Å². The lowest BCUT2D eigenvalue weighted by Crippen LogP contribution is -2.42. The lowest BCUT2D eigenvalue weighted by molar-refractivity contribution is 0.163. The highest BCUT2D eigenvalue weighted by atomic mass is 15.1. The van der Waals surface area contributed by atoms with Crippen LogP contribution in [0.25, 0.3) is 0 Å². The number of imidazole rings is 1. The molecule has 4 heteroatoms. The van der Waals surface area contributed by atoms with Crippen molar-refractivity contribution < 1.29 is 0 Å². The standard InChI is InChI=1S/C17H32N4/c1-3-10-20-12-6-17(7-13-20)16(2)19-8-4-5-11-21-14-9-18-15-21/h9,14-17,19H,3-8,10-13H2,1-2H3. The third-order valence-corrected chi connectivity index (χ3v) is 4.75. The molecule has 0 bridgehead atoms. The van der Waals surface area contributed by atoms with E-state index in [2.05, 4.69) is 33.6 Å². The molecule has 1 fully saturated rings. The minimum absolute atomic E-state index is 0.669. The highest BCUT2D eigenvalue weighted by Crippen LogP contribution is 2.20. The Balaban J connectivity index is 1.52. The SMILES string of the molecule is CCCN1CCC(C(C)NCCCCn2ccnc2)CC1. The molecule has 21 heavy (non-hydrogen) atoms. The van der Waals surface area contributed by atoms with E-state index in [0.29, 0.717) is 6.04 Å². The van der Waals surface area contributed by atoms with Gasteiger partial charge in [0.1, 0.15) is 0 Å². The van der Waals surface area contributed by atoms with E-state index < -0.39 is 0 Å². The monoisotopic (exact) mass is 292 g/mol. The van der Waals surface area contributed by atoms with Crippen molar-refractivity contribution in [2.24, 2.45) is 5.92 Å². The van der Waals surface area contributed by atoms with Crippen LogP contribution in [0.2, 0.25) is 0 Å². The summed E-state index contributed by atoms with van der Waals surface area (Å²) in [4.78, 5) is 6.69. The third-order valence-electron chi connectivity index (χ3n) is 4.75. The lowest BCUT2D eigenvalue weighted by Gasteiger charge is -2.35. The molecular formula is C17H32N4. The fraction of sp³-hybridized carbons (Fsp3) is 0.824. The van der Waals surface area contributed by atoms with Crippen LogP contribution in [-0.2, 0) is 6.54 Å². The summed E-state index contributed by atoms with van der Waals surface area (Å²) in [5.41, 5.74) is 0. The van der Waals surface area contributed by atoms with Gasteiger partial charge in [-0.15, -0.1) is 0 Å². The number of piperidine rings is 1. The molecule has 2 rings (SSSR count). The smallest absolute Gasteiger partial charge is 0.0945 e. The van der Waals surface area contributed by atoms with E-state index in [9.17, 15) is 0 Å². The largest absolute Gasteiger partial charge is 0.337 e. The molecule has 0 radical (unpaired) electrons. The molecule has 120 valence electrons. The molecule has 1 aromatic heterocycles. The van der Waals surface area contributed by atoms with E-state index in [4.69, 9.17) is 0 Å². The maximum Gasteiger partial charge on any atom is 0.0945 e. The number of aromatic nitrogens is 2. The zero-order valence-electron chi connectivity index (χ0n) is 13.8. The van der Waals surface area contributed by atoms with Gasteiger partial charge in [0.15, 0.2) is 0 Å². The molecular weight excluding hydrogens is 260 g/mol. The van der Waals surface area contributed by atoms with Crippen molar-refractivity contribution in [1.82, 2.24) is 19.8 Å². The maximum atomic E-state index is 4.07. The van der Waals surface area contributed by atoms with Crippen molar-refractivity contribution in [3.63, 3.8) is 0 Å². The Bertz CT molecular complexity index is 355. The lowest BCUT2D eigenvalue weighted by atomic mass is 9.90. The Labute approximate surface area is 129 Å². The second-order valence-electron chi connectivity index (χ2n) is 6.43. The van der Waals surface area contributed by atoms with Gasteiger partial charge in [-0.1, -0.05) is 6.92 Å². The van der Waals surface area contributed by atoms with Gasteiger partial charge in [-0.25, -0.2) is 4.98 Å². The molecule has 1 aromatic rings. The minimum Gasteiger partial charge on any atom is -0.337 e. The molecule has 1 unspecified atom stereocenters. The molecule has 0 aliphatic carbocycles. The second kappa shape index (κ2) is 9.21. The molecule has 0 saturated carbocycles. The van der Waals surface area contributed by atoms with Gasteiger partial charge in [-0.2, -0.15) is 0 Å². The van der Waals surface area contributed by atoms with Crippen molar-refractivity contribution in [1.29, 1.82) is 0 Å². The molecule has 4 nitrogen and oxygen atoms in total. The van der Waals surface area contributed by atoms with E-state index in [1.54, 1.807) is 0 Å². The van der Waals surface area contributed by atoms with E-state index in [1.165, 1.54) is 51.7 Å². The maximum absolute atomic E-state index is 4.07. The number of rotatable bonds is 9. The van der Waals surface area contributed by atoms with Crippen LogP contribution < -0.4 is 5.32 Å². The van der Waals surface area contributed by atoms with Gasteiger partial charge in [-0.05, 0) is 71.1 Å². The normalized spacial score (nSPS) is 19.0. The van der Waals surface area contributed by atoms with Crippen LogP contribution in [0.5, 0.6) is 0 Å². The summed E-state index contributed by atoms with van der Waals surface area (Å²) in [7, 11) is 0. The van der Waals surface area contributed by atoms with Crippen molar-refractivity contribution >= 4 is 0 Å². The molecule has 0 amide bonds. The second-order valence-corrected chi connectivity index (χ2v) is 6.43. The number of hydrogen-bond donors (Lipinski definition) is 1. The van der Waals surface area contributed by atoms with Crippen LogP contribution in [0.15, 0.2) is 18.7 Å². The first kappa shape index (κ1) is 16.5. The Morgan fingerprint density at radius 1 is 1.24 bits per heavy atom. The number of unbranched alkanes of at least 4 members (excludes halogenated alkanes) is 1. The van der Waals surface area contributed by atoms with Gasteiger partial charge in [0.05, 0.1) is 6.33 Å². The zero-order chi connectivity index (χ0) is 14.9. The average molecular weight is 292 g/mol. The zero-order valence-corrected chi connectivity index (χ0v) is 13.8. The Morgan fingerprint density at radius 2 is 2.05 bits per heavy atom. The highest BCUT2D eigenvalue weighted by molar-refractivity contribution is 4.79. The molecule has 0 spiro atoms. The van der Waals surface area contributed by atoms with Crippen LogP contribution in [0, 0.1) is 5.92 Å². The Kier molecular flexibility index (Phi) is 7.24. The van der Waals surface area contributed by atoms with Crippen LogP contribution in [0.4, 0.5) is 0 Å². The first-order chi connectivity index (χ1) is 10.3. The number of hydrogen-bond acceptors (Lipinski definition) is 3. The van der Waals surface area contributed by atoms with Crippen molar-refractivity contribution in [3.05, 3.63) is 18.7 Å². The van der Waals surface area contributed by atoms with Crippen LogP contribution in [-0.4, -0.2) is 46.7 Å². The minimum atomic E-state index is 0.669. The summed E-state index contributed by atoms with van der Waals surface area (Å²) < 4.78 is 2.16. The van der Waals surface area contributed by atoms with E-state index >= 15 is 0 Å². The quantitative estimate of drug-likeness (QED) is 0.711. The van der Waals surface area contributed by atoms with Crippen molar-refractivity contribution in [2.75, 3.05) is 26.2 Å². The van der Waals surface area contributed by atoms with E-state index in [0.717, 1.165) is 19.0 Å². The van der Waals surface area contributed by atoms with Gasteiger partial charge >= 0.3 is 0 Å². The van der Waals surface area contributed by atoms with E-state index in [-0.39, 0.29) is 0 Å². The summed E-state index contributed by atoms with van der Waals surface area (Å²) in [5.74, 6) is 0.867. The molecule has 1 aliphatic rings. The number of likely N-dealkylation sites (tertiary alicyclic amines) is 1. The number of nitrogens with zero attached hydrogens (tertiary/aromatic N) is 3. The van der Waals surface area contributed by atoms with Crippen LogP contribution in [0.1, 0.15) is 46.0 Å². The van der Waals surface area contributed by atoms with Gasteiger partial charge in [-0.3, -0.25) is 0 Å². The van der Waals surface area contributed by atoms with Gasteiger partial charge in [0.25, 0.3) is 0 Å². The molecule has 1 atom stereocenters. The Morgan fingerprint density at radius 3 is 2.71 bits per heavy atom. The van der Waals surface area contributed by atoms with Crippen molar-refractivity contribution in [3.8, 4) is 0 Å². The topological polar surface area (TPSA) is 33.1 Å². The Hall–Kier alpha value is -0.870. The first-order valence-corrected chi connectivity index (χ1v) is 8.71. The summed E-state index contributed by atoms with van der Waals surface area (Å²) >= 11 is 0. The number of nitrogens with one attached hydrogen (secondary N) is 1. The molecule has 0 aromatic carbocycles. The van der Waals surface area contributed by atoms with Gasteiger partial charge < -0.3 is 14.8 Å². The van der Waals surface area contributed by atoms with Crippen LogP contribution >= 0.6 is 0 Å². The van der Waals surface area contributed by atoms with Crippen molar-refractivity contribution in [2.45, 2.75) is 58.5 Å². The predicted molar refractivity (Wildman–Crippen MR) is 88.4 cm³/mol. The fourth-order valence-electron chi connectivity index (χ4n) is 3.33. The first-order valence-electron chi connectivity index (χ1n) is 8.71. The summed E-state index contributed by atoms with van der Waals surface area (Å²) in [5, 5.41) is 3.74. The highest BCUT2D eigenvalue weighted by Gasteiger charge is 2.22. The van der Waals surface area contributed by atoms with Gasteiger partial charge in [0, 0.05) is 25.0 Å². The predicted octanol–water partition coefficient (Wildman–Crippen LogP) is 2.76. The summed E-state index contributed by atoms with van der Waals surface area (Å²) in [6.07, 6.45) is 12.3. The summed E-state index contributed by atoms with van der Waals surface area (Å²) in [6.45, 7) is 10.8. The average Bonchev–Trinajstić information content (AvgIpc) is 3.01. The van der Waals surface area contributed by atoms with Crippen LogP contribution in [0.3, 0.4) is 0 Å². The third kappa shape index (κ3) is 5.79. The molecule has 2 heterocycles. The molecule has 1 saturated heterocycles. The summed E-state index contributed by atoms with van der Waals surface area (Å²) in [6, 6.07) is 0.669. The van der Waals surface area contributed by atoms with E-state index in [1.807, 2.05) is 18.7 Å². The fourth-order valence-corrected chi connectivity index (χ4v) is 3.33.